The fraction of sp³-hybridized carbons (Fsp3) is 0.444. The number of carbonyl (C=O) groups excluding carboxylic acids is 2. The number of aliphatic carboxylic acids is 1. The van der Waals surface area contributed by atoms with Crippen molar-refractivity contribution in [3.8, 4) is 11.1 Å². The third-order valence-electron chi connectivity index (χ3n) is 7.67. The molecule has 0 radical (unpaired) electrons. The third kappa shape index (κ3) is 4.27. The predicted molar refractivity (Wildman–Crippen MR) is 126 cm³/mol. The Balaban J connectivity index is 1.10. The number of amides is 2. The Morgan fingerprint density at radius 3 is 2.24 bits per heavy atom. The highest BCUT2D eigenvalue weighted by Gasteiger charge is 2.42. The number of hydrogen-bond donors (Lipinski definition) is 2. The lowest BCUT2D eigenvalue weighted by Crippen LogP contribution is -2.50. The van der Waals surface area contributed by atoms with Crippen molar-refractivity contribution in [3.63, 3.8) is 0 Å². The van der Waals surface area contributed by atoms with E-state index in [2.05, 4.69) is 29.6 Å². The summed E-state index contributed by atoms with van der Waals surface area (Å²) in [7, 11) is 0. The van der Waals surface area contributed by atoms with E-state index in [0.29, 0.717) is 25.9 Å². The smallest absolute Gasteiger partial charge is 0.407 e. The lowest BCUT2D eigenvalue weighted by molar-refractivity contribution is -0.140. The predicted octanol–water partition coefficient (Wildman–Crippen LogP) is 3.87. The molecule has 2 atom stereocenters. The molecular weight excluding hydrogens is 432 g/mol. The summed E-state index contributed by atoms with van der Waals surface area (Å²) in [6.45, 7) is 3.39. The number of hydrogen-bond acceptors (Lipinski definition) is 4. The van der Waals surface area contributed by atoms with Crippen LogP contribution in [0.4, 0.5) is 4.79 Å². The molecule has 1 heterocycles. The number of alkyl carbamates (subject to hydrolysis) is 1. The monoisotopic (exact) mass is 462 g/mol. The van der Waals surface area contributed by atoms with Gasteiger partial charge in [0.2, 0.25) is 5.91 Å². The molecule has 1 aliphatic heterocycles. The van der Waals surface area contributed by atoms with E-state index in [9.17, 15) is 14.4 Å². The highest BCUT2D eigenvalue weighted by atomic mass is 16.5. The first kappa shape index (κ1) is 22.4. The van der Waals surface area contributed by atoms with Gasteiger partial charge >= 0.3 is 12.1 Å². The number of carboxylic acids is 1. The van der Waals surface area contributed by atoms with Crippen LogP contribution in [-0.2, 0) is 14.3 Å². The molecule has 2 N–H and O–H groups in total. The molecule has 1 saturated heterocycles. The highest BCUT2D eigenvalue weighted by molar-refractivity contribution is 5.81. The quantitative estimate of drug-likeness (QED) is 0.679. The number of likely N-dealkylation sites (tertiary alicyclic amines) is 1. The fourth-order valence-corrected chi connectivity index (χ4v) is 5.71. The van der Waals surface area contributed by atoms with Gasteiger partial charge in [0.05, 0.1) is 6.42 Å². The molecule has 3 aliphatic rings. The third-order valence-corrected chi connectivity index (χ3v) is 7.67. The van der Waals surface area contributed by atoms with Gasteiger partial charge in [0, 0.05) is 31.0 Å². The summed E-state index contributed by atoms with van der Waals surface area (Å²) in [5.41, 5.74) is 4.72. The highest BCUT2D eigenvalue weighted by Crippen LogP contribution is 2.44. The van der Waals surface area contributed by atoms with Crippen LogP contribution in [0.15, 0.2) is 48.5 Å². The van der Waals surface area contributed by atoms with Crippen LogP contribution in [0.3, 0.4) is 0 Å². The van der Waals surface area contributed by atoms with E-state index in [0.717, 1.165) is 0 Å². The maximum Gasteiger partial charge on any atom is 0.407 e. The summed E-state index contributed by atoms with van der Waals surface area (Å²) in [6.07, 6.45) is 0.838. The number of ether oxygens (including phenoxy) is 1. The van der Waals surface area contributed by atoms with E-state index in [4.69, 9.17) is 9.84 Å². The standard InChI is InChI=1S/C27H30N2O5/c1-16-13-29(14-18(16)12-25(30)31)26(32)17-10-19(11-17)28-27(33)34-15-24-22-8-4-2-6-20(22)21-7-3-5-9-23(21)24/h2-9,16-19,24H,10-15H2,1H3,(H,28,33)(H,30,31). The first-order chi connectivity index (χ1) is 16.4. The Hall–Kier alpha value is -3.35. The first-order valence-corrected chi connectivity index (χ1v) is 12.0. The van der Waals surface area contributed by atoms with E-state index < -0.39 is 12.1 Å². The van der Waals surface area contributed by atoms with Crippen molar-refractivity contribution in [3.05, 3.63) is 59.7 Å². The van der Waals surface area contributed by atoms with Gasteiger partial charge in [-0.2, -0.15) is 0 Å². The Kier molecular flexibility index (Phi) is 6.02. The number of rotatable bonds is 6. The lowest BCUT2D eigenvalue weighted by Gasteiger charge is -2.36. The fourth-order valence-electron chi connectivity index (χ4n) is 5.71. The lowest BCUT2D eigenvalue weighted by atomic mass is 9.79. The van der Waals surface area contributed by atoms with Crippen LogP contribution >= 0.6 is 0 Å². The van der Waals surface area contributed by atoms with E-state index in [1.54, 1.807) is 4.90 Å². The van der Waals surface area contributed by atoms with E-state index >= 15 is 0 Å². The van der Waals surface area contributed by atoms with Crippen molar-refractivity contribution in [2.45, 2.75) is 38.1 Å². The van der Waals surface area contributed by atoms with Gasteiger partial charge in [-0.25, -0.2) is 4.79 Å². The maximum absolute atomic E-state index is 12.8. The second-order valence-corrected chi connectivity index (χ2v) is 9.91. The zero-order valence-corrected chi connectivity index (χ0v) is 19.3. The number of nitrogens with zero attached hydrogens (tertiary/aromatic N) is 1. The maximum atomic E-state index is 12.8. The second-order valence-electron chi connectivity index (χ2n) is 9.91. The molecule has 7 heteroatoms. The van der Waals surface area contributed by atoms with Crippen LogP contribution in [0.2, 0.25) is 0 Å². The van der Waals surface area contributed by atoms with Gasteiger partial charge in [0.15, 0.2) is 0 Å². The molecular formula is C27H30N2O5. The SMILES string of the molecule is CC1CN(C(=O)C2CC(NC(=O)OCC3c4ccccc4-c4ccccc43)C2)CC1CC(=O)O. The number of nitrogens with one attached hydrogen (secondary N) is 1. The minimum absolute atomic E-state index is 0.0104. The Morgan fingerprint density at radius 2 is 1.62 bits per heavy atom. The average Bonchev–Trinajstić information content (AvgIpc) is 3.31. The minimum atomic E-state index is -0.817. The minimum Gasteiger partial charge on any atom is -0.481 e. The molecule has 0 bridgehead atoms. The summed E-state index contributed by atoms with van der Waals surface area (Å²) >= 11 is 0. The van der Waals surface area contributed by atoms with E-state index in [1.807, 2.05) is 31.2 Å². The molecule has 5 rings (SSSR count). The molecule has 2 fully saturated rings. The Labute approximate surface area is 199 Å². The van der Waals surface area contributed by atoms with Crippen molar-refractivity contribution in [1.82, 2.24) is 10.2 Å². The largest absolute Gasteiger partial charge is 0.481 e. The average molecular weight is 463 g/mol. The van der Waals surface area contributed by atoms with Crippen LogP contribution < -0.4 is 5.32 Å². The molecule has 2 aliphatic carbocycles. The number of carbonyl (C=O) groups is 3. The topological polar surface area (TPSA) is 95.9 Å². The number of carboxylic acid groups (broad SMARTS) is 1. The molecule has 1 saturated carbocycles. The van der Waals surface area contributed by atoms with Gasteiger partial charge in [-0.3, -0.25) is 9.59 Å². The van der Waals surface area contributed by atoms with E-state index in [1.165, 1.54) is 22.3 Å². The molecule has 2 aromatic carbocycles. The van der Waals surface area contributed by atoms with Crippen LogP contribution in [0, 0.1) is 17.8 Å². The van der Waals surface area contributed by atoms with Crippen LogP contribution in [0.1, 0.15) is 43.2 Å². The van der Waals surface area contributed by atoms with Gasteiger partial charge in [-0.1, -0.05) is 55.5 Å². The van der Waals surface area contributed by atoms with Crippen molar-refractivity contribution >= 4 is 18.0 Å². The van der Waals surface area contributed by atoms with Crippen LogP contribution in [0.25, 0.3) is 11.1 Å². The summed E-state index contributed by atoms with van der Waals surface area (Å²) in [5, 5.41) is 12.0. The molecule has 178 valence electrons. The van der Waals surface area contributed by atoms with Gasteiger partial charge in [-0.05, 0) is 46.9 Å². The first-order valence-electron chi connectivity index (χ1n) is 12.0. The summed E-state index contributed by atoms with van der Waals surface area (Å²) < 4.78 is 5.61. The van der Waals surface area contributed by atoms with Crippen molar-refractivity contribution < 1.29 is 24.2 Å². The molecule has 2 aromatic rings. The normalized spacial score (nSPS) is 25.3. The molecule has 34 heavy (non-hydrogen) atoms. The van der Waals surface area contributed by atoms with Crippen molar-refractivity contribution in [2.24, 2.45) is 17.8 Å². The van der Waals surface area contributed by atoms with E-state index in [-0.39, 0.29) is 48.6 Å². The number of benzene rings is 2. The zero-order chi connectivity index (χ0) is 23.8. The van der Waals surface area contributed by atoms with Crippen LogP contribution in [-0.4, -0.2) is 53.7 Å². The van der Waals surface area contributed by atoms with Gasteiger partial charge in [0.1, 0.15) is 6.61 Å². The second kappa shape index (κ2) is 9.12. The number of fused-ring (bicyclic) bond motifs is 3. The van der Waals surface area contributed by atoms with Crippen LogP contribution in [0.5, 0.6) is 0 Å². The zero-order valence-electron chi connectivity index (χ0n) is 19.3. The Bertz CT molecular complexity index is 1060. The van der Waals surface area contributed by atoms with Gasteiger partial charge < -0.3 is 20.1 Å². The molecule has 2 amide bonds. The molecule has 0 aromatic heterocycles. The summed E-state index contributed by atoms with van der Waals surface area (Å²) in [5.74, 6) is -0.641. The molecule has 0 spiro atoms. The summed E-state index contributed by atoms with van der Waals surface area (Å²) in [6, 6.07) is 16.4. The molecule has 2 unspecified atom stereocenters. The van der Waals surface area contributed by atoms with Crippen molar-refractivity contribution in [2.75, 3.05) is 19.7 Å². The Morgan fingerprint density at radius 1 is 1.00 bits per heavy atom. The molecule has 7 nitrogen and oxygen atoms in total. The van der Waals surface area contributed by atoms with Gasteiger partial charge in [-0.15, -0.1) is 0 Å². The summed E-state index contributed by atoms with van der Waals surface area (Å²) in [4.78, 5) is 38.1. The van der Waals surface area contributed by atoms with Crippen molar-refractivity contribution in [1.29, 1.82) is 0 Å². The van der Waals surface area contributed by atoms with Gasteiger partial charge in [0.25, 0.3) is 0 Å².